The third kappa shape index (κ3) is 5.13. The first-order valence-electron chi connectivity index (χ1n) is 7.50. The van der Waals surface area contributed by atoms with Crippen LogP contribution in [0, 0.1) is 6.92 Å². The standard InChI is InChI=1S/C18H22N2O2/c1-3-15-7-5-9-17(13-15)22-11-10-19-18(21)20-16-8-4-6-14(2)12-16/h4-9,12-13H,3,10-11H2,1-2H3,(H2,19,20,21). The lowest BCUT2D eigenvalue weighted by atomic mass is 10.2. The van der Waals surface area contributed by atoms with E-state index in [4.69, 9.17) is 4.74 Å². The normalized spacial score (nSPS) is 10.1. The molecule has 0 aliphatic carbocycles. The number of anilines is 1. The Morgan fingerprint density at radius 2 is 1.95 bits per heavy atom. The van der Waals surface area contributed by atoms with Gasteiger partial charge in [-0.25, -0.2) is 4.79 Å². The van der Waals surface area contributed by atoms with Gasteiger partial charge < -0.3 is 15.4 Å². The summed E-state index contributed by atoms with van der Waals surface area (Å²) in [4.78, 5) is 11.8. The zero-order chi connectivity index (χ0) is 15.8. The van der Waals surface area contributed by atoms with Crippen LogP contribution < -0.4 is 15.4 Å². The van der Waals surface area contributed by atoms with E-state index < -0.39 is 0 Å². The molecule has 0 aliphatic heterocycles. The highest BCUT2D eigenvalue weighted by molar-refractivity contribution is 5.89. The molecular formula is C18H22N2O2. The molecule has 2 amide bonds. The highest BCUT2D eigenvalue weighted by atomic mass is 16.5. The molecule has 0 radical (unpaired) electrons. The molecule has 22 heavy (non-hydrogen) atoms. The van der Waals surface area contributed by atoms with E-state index in [1.807, 2.05) is 49.4 Å². The SMILES string of the molecule is CCc1cccc(OCCNC(=O)Nc2cccc(C)c2)c1. The molecule has 0 saturated heterocycles. The fourth-order valence-corrected chi connectivity index (χ4v) is 2.09. The number of carbonyl (C=O) groups excluding carboxylic acids is 1. The number of amides is 2. The van der Waals surface area contributed by atoms with Crippen LogP contribution in [0.1, 0.15) is 18.1 Å². The molecule has 2 aromatic carbocycles. The lowest BCUT2D eigenvalue weighted by Gasteiger charge is -2.10. The molecule has 0 fully saturated rings. The van der Waals surface area contributed by atoms with Gasteiger partial charge in [0.15, 0.2) is 0 Å². The fourth-order valence-electron chi connectivity index (χ4n) is 2.09. The van der Waals surface area contributed by atoms with Crippen molar-refractivity contribution in [3.05, 3.63) is 59.7 Å². The molecule has 0 bridgehead atoms. The van der Waals surface area contributed by atoms with Crippen LogP contribution in [0.5, 0.6) is 5.75 Å². The van der Waals surface area contributed by atoms with Crippen molar-refractivity contribution in [2.45, 2.75) is 20.3 Å². The number of hydrogen-bond acceptors (Lipinski definition) is 2. The summed E-state index contributed by atoms with van der Waals surface area (Å²) in [7, 11) is 0. The number of aryl methyl sites for hydroxylation is 2. The Morgan fingerprint density at radius 1 is 1.14 bits per heavy atom. The van der Waals surface area contributed by atoms with E-state index in [2.05, 4.69) is 23.6 Å². The van der Waals surface area contributed by atoms with Gasteiger partial charge in [0.2, 0.25) is 0 Å². The van der Waals surface area contributed by atoms with E-state index >= 15 is 0 Å². The summed E-state index contributed by atoms with van der Waals surface area (Å²) < 4.78 is 5.63. The summed E-state index contributed by atoms with van der Waals surface area (Å²) in [6, 6.07) is 15.4. The van der Waals surface area contributed by atoms with Crippen LogP contribution in [-0.4, -0.2) is 19.2 Å². The Bertz CT molecular complexity index is 626. The summed E-state index contributed by atoms with van der Waals surface area (Å²) in [5.41, 5.74) is 3.13. The van der Waals surface area contributed by atoms with Crippen molar-refractivity contribution >= 4 is 11.7 Å². The molecule has 116 valence electrons. The van der Waals surface area contributed by atoms with E-state index in [0.29, 0.717) is 13.2 Å². The minimum absolute atomic E-state index is 0.225. The van der Waals surface area contributed by atoms with Crippen molar-refractivity contribution in [2.75, 3.05) is 18.5 Å². The van der Waals surface area contributed by atoms with E-state index in [9.17, 15) is 4.79 Å². The van der Waals surface area contributed by atoms with Crippen LogP contribution in [-0.2, 0) is 6.42 Å². The molecule has 0 unspecified atom stereocenters. The predicted molar refractivity (Wildman–Crippen MR) is 89.5 cm³/mol. The van der Waals surface area contributed by atoms with Crippen LogP contribution in [0.4, 0.5) is 10.5 Å². The fraction of sp³-hybridized carbons (Fsp3) is 0.278. The number of hydrogen-bond donors (Lipinski definition) is 2. The first kappa shape index (κ1) is 15.9. The average molecular weight is 298 g/mol. The lowest BCUT2D eigenvalue weighted by Crippen LogP contribution is -2.32. The van der Waals surface area contributed by atoms with Crippen molar-refractivity contribution in [1.82, 2.24) is 5.32 Å². The molecule has 0 saturated carbocycles. The zero-order valence-electron chi connectivity index (χ0n) is 13.1. The minimum atomic E-state index is -0.225. The minimum Gasteiger partial charge on any atom is -0.492 e. The van der Waals surface area contributed by atoms with E-state index in [1.165, 1.54) is 5.56 Å². The smallest absolute Gasteiger partial charge is 0.319 e. The van der Waals surface area contributed by atoms with Gasteiger partial charge in [-0.1, -0.05) is 31.2 Å². The molecule has 0 aliphatic rings. The topological polar surface area (TPSA) is 50.4 Å². The van der Waals surface area contributed by atoms with Crippen LogP contribution >= 0.6 is 0 Å². The first-order chi connectivity index (χ1) is 10.7. The van der Waals surface area contributed by atoms with Gasteiger partial charge in [-0.3, -0.25) is 0 Å². The Hall–Kier alpha value is -2.49. The van der Waals surface area contributed by atoms with Gasteiger partial charge in [0.1, 0.15) is 12.4 Å². The van der Waals surface area contributed by atoms with Gasteiger partial charge in [-0.15, -0.1) is 0 Å². The van der Waals surface area contributed by atoms with Gasteiger partial charge in [-0.2, -0.15) is 0 Å². The number of carbonyl (C=O) groups is 1. The van der Waals surface area contributed by atoms with Crippen LogP contribution in [0.15, 0.2) is 48.5 Å². The van der Waals surface area contributed by atoms with Gasteiger partial charge in [0.25, 0.3) is 0 Å². The third-order valence-electron chi connectivity index (χ3n) is 3.24. The molecule has 4 heteroatoms. The Balaban J connectivity index is 1.70. The van der Waals surface area contributed by atoms with Gasteiger partial charge in [0, 0.05) is 5.69 Å². The van der Waals surface area contributed by atoms with Crippen molar-refractivity contribution in [3.63, 3.8) is 0 Å². The van der Waals surface area contributed by atoms with Crippen LogP contribution in [0.25, 0.3) is 0 Å². The van der Waals surface area contributed by atoms with Gasteiger partial charge in [-0.05, 0) is 48.7 Å². The summed E-state index contributed by atoms with van der Waals surface area (Å²) in [6.45, 7) is 4.99. The van der Waals surface area contributed by atoms with E-state index in [1.54, 1.807) is 0 Å². The number of nitrogens with one attached hydrogen (secondary N) is 2. The molecule has 0 heterocycles. The predicted octanol–water partition coefficient (Wildman–Crippen LogP) is 3.76. The highest BCUT2D eigenvalue weighted by Gasteiger charge is 2.01. The maximum atomic E-state index is 11.8. The average Bonchev–Trinajstić information content (AvgIpc) is 2.52. The maximum Gasteiger partial charge on any atom is 0.319 e. The monoisotopic (exact) mass is 298 g/mol. The van der Waals surface area contributed by atoms with Crippen LogP contribution in [0.3, 0.4) is 0 Å². The third-order valence-corrected chi connectivity index (χ3v) is 3.24. The van der Waals surface area contributed by atoms with Gasteiger partial charge >= 0.3 is 6.03 Å². The quantitative estimate of drug-likeness (QED) is 0.798. The second-order valence-electron chi connectivity index (χ2n) is 5.10. The Kier molecular flexibility index (Phi) is 5.83. The number of rotatable bonds is 6. The number of urea groups is 1. The second-order valence-corrected chi connectivity index (χ2v) is 5.10. The van der Waals surface area contributed by atoms with Crippen molar-refractivity contribution in [3.8, 4) is 5.75 Å². The van der Waals surface area contributed by atoms with Crippen molar-refractivity contribution < 1.29 is 9.53 Å². The zero-order valence-corrected chi connectivity index (χ0v) is 13.1. The highest BCUT2D eigenvalue weighted by Crippen LogP contribution is 2.13. The largest absolute Gasteiger partial charge is 0.492 e. The van der Waals surface area contributed by atoms with Crippen LogP contribution in [0.2, 0.25) is 0 Å². The van der Waals surface area contributed by atoms with E-state index in [0.717, 1.165) is 23.4 Å². The summed E-state index contributed by atoms with van der Waals surface area (Å²) in [5.74, 6) is 0.834. The number of ether oxygens (including phenoxy) is 1. The summed E-state index contributed by atoms with van der Waals surface area (Å²) in [5, 5.41) is 5.57. The Morgan fingerprint density at radius 3 is 2.73 bits per heavy atom. The molecule has 2 rings (SSSR count). The molecule has 2 aromatic rings. The van der Waals surface area contributed by atoms with Crippen molar-refractivity contribution in [2.24, 2.45) is 0 Å². The first-order valence-corrected chi connectivity index (χ1v) is 7.50. The summed E-state index contributed by atoms with van der Waals surface area (Å²) >= 11 is 0. The second kappa shape index (κ2) is 8.08. The molecule has 0 aromatic heterocycles. The summed E-state index contributed by atoms with van der Waals surface area (Å²) in [6.07, 6.45) is 0.981. The lowest BCUT2D eigenvalue weighted by molar-refractivity contribution is 0.247. The molecular weight excluding hydrogens is 276 g/mol. The maximum absolute atomic E-state index is 11.8. The van der Waals surface area contributed by atoms with E-state index in [-0.39, 0.29) is 6.03 Å². The molecule has 4 nitrogen and oxygen atoms in total. The molecule has 0 spiro atoms. The van der Waals surface area contributed by atoms with Gasteiger partial charge in [0.05, 0.1) is 6.54 Å². The Labute approximate surface area is 131 Å². The molecule has 0 atom stereocenters. The van der Waals surface area contributed by atoms with Crippen molar-refractivity contribution in [1.29, 1.82) is 0 Å². The number of benzene rings is 2. The molecule has 2 N–H and O–H groups in total.